The molecule has 4 N–H and O–H groups in total. The lowest BCUT2D eigenvalue weighted by atomic mass is 9.45. The molecule has 5 aliphatic rings. The largest absolute Gasteiger partial charge is 0.456 e. The van der Waals surface area contributed by atoms with E-state index in [1.807, 2.05) is 0 Å². The number of amides is 1. The summed E-state index contributed by atoms with van der Waals surface area (Å²) in [4.78, 5) is 69.2. The van der Waals surface area contributed by atoms with Crippen LogP contribution in [0.15, 0.2) is 71.8 Å². The molecule has 15 heteroatoms. The van der Waals surface area contributed by atoms with Gasteiger partial charge in [0, 0.05) is 18.8 Å². The topological polar surface area (TPSA) is 217 Å². The summed E-state index contributed by atoms with van der Waals surface area (Å²) in [6.45, 7) is 12.2. The van der Waals surface area contributed by atoms with Crippen LogP contribution in [0.2, 0.25) is 0 Å². The van der Waals surface area contributed by atoms with Crippen LogP contribution in [0.5, 0.6) is 0 Å². The molecule has 7 rings (SSSR count). The Labute approximate surface area is 336 Å². The zero-order valence-electron chi connectivity index (χ0n) is 33.7. The van der Waals surface area contributed by atoms with E-state index in [0.717, 1.165) is 0 Å². The number of epoxide rings is 1. The van der Waals surface area contributed by atoms with Crippen molar-refractivity contribution in [1.82, 2.24) is 5.32 Å². The number of carbonyl (C=O) groups is 5. The third-order valence-corrected chi connectivity index (χ3v) is 12.8. The lowest BCUT2D eigenvalue weighted by Crippen LogP contribution is -2.81. The first-order valence-corrected chi connectivity index (χ1v) is 19.4. The normalized spacial score (nSPS) is 35.5. The summed E-state index contributed by atoms with van der Waals surface area (Å²) < 4.78 is 35.9. The fraction of sp³-hybridized carbons (Fsp3) is 0.558. The molecule has 2 unspecified atom stereocenters. The number of esters is 3. The molecule has 2 bridgehead atoms. The average Bonchev–Trinajstić information content (AvgIpc) is 3.93. The summed E-state index contributed by atoms with van der Waals surface area (Å²) in [6, 6.07) is 14.8. The Hall–Kier alpha value is -4.67. The first-order valence-electron chi connectivity index (χ1n) is 19.4. The Morgan fingerprint density at radius 2 is 1.57 bits per heavy atom. The molecule has 2 aromatic carbocycles. The molecule has 4 fully saturated rings. The Kier molecular flexibility index (Phi) is 10.2. The zero-order chi connectivity index (χ0) is 42.3. The van der Waals surface area contributed by atoms with Gasteiger partial charge in [0.05, 0.1) is 35.6 Å². The van der Waals surface area contributed by atoms with Gasteiger partial charge in [-0.05, 0) is 63.5 Å². The fourth-order valence-corrected chi connectivity index (χ4v) is 9.95. The van der Waals surface area contributed by atoms with Gasteiger partial charge >= 0.3 is 24.0 Å². The molecule has 15 nitrogen and oxygen atoms in total. The Morgan fingerprint density at radius 1 is 0.948 bits per heavy atom. The molecule has 1 amide bonds. The molecular weight excluding hydrogens is 754 g/mol. The number of Topliss-reactive ketones (excluding diaryl/α,β-unsaturated/α-hetero) is 1. The van der Waals surface area contributed by atoms with Gasteiger partial charge in [0.25, 0.3) is 0 Å². The molecule has 58 heavy (non-hydrogen) atoms. The van der Waals surface area contributed by atoms with Gasteiger partial charge in [0.2, 0.25) is 0 Å². The maximum atomic E-state index is 15.1. The number of ketones is 1. The van der Waals surface area contributed by atoms with Crippen molar-refractivity contribution in [2.24, 2.45) is 16.7 Å². The minimum absolute atomic E-state index is 0.0104. The summed E-state index contributed by atoms with van der Waals surface area (Å²) in [5.41, 5.74) is -7.45. The molecule has 312 valence electrons. The van der Waals surface area contributed by atoms with Crippen molar-refractivity contribution in [3.8, 4) is 0 Å². The number of ether oxygens (including phenoxy) is 6. The van der Waals surface area contributed by atoms with Crippen LogP contribution in [-0.2, 0) is 42.8 Å². The molecule has 12 atom stereocenters. The summed E-state index contributed by atoms with van der Waals surface area (Å²) in [7, 11) is 0. The van der Waals surface area contributed by atoms with E-state index < -0.39 is 119 Å². The predicted molar refractivity (Wildman–Crippen MR) is 202 cm³/mol. The van der Waals surface area contributed by atoms with Crippen LogP contribution in [0.1, 0.15) is 83.8 Å². The van der Waals surface area contributed by atoms with Gasteiger partial charge in [0.15, 0.2) is 17.5 Å². The van der Waals surface area contributed by atoms with Crippen molar-refractivity contribution in [1.29, 1.82) is 0 Å². The van der Waals surface area contributed by atoms with E-state index in [9.17, 15) is 34.5 Å². The van der Waals surface area contributed by atoms with Gasteiger partial charge in [-0.3, -0.25) is 9.59 Å². The number of aliphatic hydroxyl groups is 3. The highest BCUT2D eigenvalue weighted by Crippen LogP contribution is 2.68. The van der Waals surface area contributed by atoms with Gasteiger partial charge in [-0.1, -0.05) is 62.4 Å². The summed E-state index contributed by atoms with van der Waals surface area (Å²) in [5.74, 6) is -4.90. The van der Waals surface area contributed by atoms with E-state index in [1.165, 1.54) is 19.1 Å². The zero-order valence-corrected chi connectivity index (χ0v) is 33.7. The lowest BCUT2D eigenvalue weighted by Gasteiger charge is -2.65. The van der Waals surface area contributed by atoms with Crippen LogP contribution in [0, 0.1) is 16.7 Å². The number of hydrogen-bond donors (Lipinski definition) is 4. The number of benzene rings is 2. The van der Waals surface area contributed by atoms with E-state index in [2.05, 4.69) is 5.32 Å². The van der Waals surface area contributed by atoms with E-state index in [4.69, 9.17) is 28.4 Å². The van der Waals surface area contributed by atoms with E-state index in [-0.39, 0.29) is 23.3 Å². The molecule has 0 spiro atoms. The van der Waals surface area contributed by atoms with Crippen LogP contribution in [0.25, 0.3) is 0 Å². The van der Waals surface area contributed by atoms with E-state index in [0.29, 0.717) is 5.56 Å². The average molecular weight is 806 g/mol. The van der Waals surface area contributed by atoms with Crippen molar-refractivity contribution in [2.75, 3.05) is 6.61 Å². The van der Waals surface area contributed by atoms with Gasteiger partial charge in [0.1, 0.15) is 41.7 Å². The smallest absolute Gasteiger partial charge is 0.408 e. The summed E-state index contributed by atoms with van der Waals surface area (Å²) in [5, 5.41) is 39.9. The van der Waals surface area contributed by atoms with Crippen molar-refractivity contribution in [2.45, 2.75) is 127 Å². The number of aliphatic hydroxyl groups excluding tert-OH is 2. The molecule has 0 radical (unpaired) electrons. The van der Waals surface area contributed by atoms with Crippen LogP contribution in [0.3, 0.4) is 0 Å². The highest BCUT2D eigenvalue weighted by atomic mass is 16.7. The van der Waals surface area contributed by atoms with Crippen LogP contribution in [0.4, 0.5) is 4.79 Å². The first kappa shape index (κ1) is 41.5. The maximum absolute atomic E-state index is 15.1. The van der Waals surface area contributed by atoms with Gasteiger partial charge in [-0.2, -0.15) is 0 Å². The summed E-state index contributed by atoms with van der Waals surface area (Å²) >= 11 is 0. The third kappa shape index (κ3) is 6.51. The van der Waals surface area contributed by atoms with Crippen molar-refractivity contribution < 1.29 is 67.7 Å². The van der Waals surface area contributed by atoms with E-state index in [1.54, 1.807) is 97.0 Å². The SMILES string of the molecule is CC(=O)O[C@@]12CO[C@@H]1C1OC1[C@@]1(C)C(=O)[C@H](O)C3=C(C)[C@@H](OC(=O)[C@H](O)[C@@H](NC(=O)OC(C)(C)C)c4ccccc4)C[C@@](O)([C@@H](OC(=O)c4ccccc4)[C@H]21)C3(C)C. The van der Waals surface area contributed by atoms with E-state index >= 15 is 4.79 Å². The first-order chi connectivity index (χ1) is 27.1. The van der Waals surface area contributed by atoms with Gasteiger partial charge in [-0.25, -0.2) is 14.4 Å². The second-order valence-corrected chi connectivity index (χ2v) is 17.8. The molecule has 0 aromatic heterocycles. The number of alkyl carbamates (subject to hydrolysis) is 1. The maximum Gasteiger partial charge on any atom is 0.408 e. The second-order valence-electron chi connectivity index (χ2n) is 17.8. The Balaban J connectivity index is 1.34. The molecule has 2 heterocycles. The standard InChI is InChI=1S/C43H51NO14/c1-21-25(54-37(50)29(47)27(23-15-11-9-12-16-23)44-38(51)58-39(3,4)5)19-43(52)35(56-36(49)24-17-13-10-14-18-24)31-41(8,32(48)28(46)26(21)40(43,6)7)33-30(55-33)34-42(31,20-53-34)57-22(2)45/h9-18,25,27-31,33-35,46-47,52H,19-20H2,1-8H3,(H,44,51)/t25-,27-,28+,29+,30?,31-,33?,34+,35-,41+,42+,43+/m0/s1. The van der Waals surface area contributed by atoms with Crippen LogP contribution >= 0.6 is 0 Å². The van der Waals surface area contributed by atoms with Gasteiger partial charge < -0.3 is 49.1 Å². The molecule has 2 saturated heterocycles. The Morgan fingerprint density at radius 3 is 2.14 bits per heavy atom. The highest BCUT2D eigenvalue weighted by molar-refractivity contribution is 5.94. The number of nitrogens with one attached hydrogen (secondary N) is 1. The molecular formula is C43H51NO14. The number of carbonyl (C=O) groups excluding carboxylic acids is 5. The third-order valence-electron chi connectivity index (χ3n) is 12.8. The van der Waals surface area contributed by atoms with Crippen molar-refractivity contribution >= 4 is 29.8 Å². The molecule has 2 saturated carbocycles. The second kappa shape index (κ2) is 14.3. The minimum atomic E-state index is -2.28. The predicted octanol–water partition coefficient (Wildman–Crippen LogP) is 3.28. The van der Waals surface area contributed by atoms with Crippen molar-refractivity contribution in [3.63, 3.8) is 0 Å². The van der Waals surface area contributed by atoms with Gasteiger partial charge in [-0.15, -0.1) is 0 Å². The fourth-order valence-electron chi connectivity index (χ4n) is 9.95. The summed E-state index contributed by atoms with van der Waals surface area (Å²) in [6.07, 6.45) is -10.9. The van der Waals surface area contributed by atoms with Crippen molar-refractivity contribution in [3.05, 3.63) is 82.9 Å². The number of fused-ring (bicyclic) bond motifs is 8. The molecule has 3 aliphatic carbocycles. The number of hydrogen-bond acceptors (Lipinski definition) is 14. The number of rotatable bonds is 8. The monoisotopic (exact) mass is 805 g/mol. The molecule has 2 aliphatic heterocycles. The highest BCUT2D eigenvalue weighted by Gasteiger charge is 2.84. The lowest BCUT2D eigenvalue weighted by molar-refractivity contribution is -0.325. The Bertz CT molecular complexity index is 2030. The molecule has 2 aromatic rings. The van der Waals surface area contributed by atoms with Crippen LogP contribution < -0.4 is 5.32 Å². The minimum Gasteiger partial charge on any atom is -0.456 e. The quantitative estimate of drug-likeness (QED) is 0.130. The van der Waals surface area contributed by atoms with Crippen LogP contribution in [-0.4, -0.2) is 111 Å².